The highest BCUT2D eigenvalue weighted by molar-refractivity contribution is 5.93. The molecule has 4 aromatic rings. The molecule has 4 rings (SSSR count). The Morgan fingerprint density at radius 3 is 2.85 bits per heavy atom. The summed E-state index contributed by atoms with van der Waals surface area (Å²) in [4.78, 5) is 31.9. The fraction of sp³-hybridized carbons (Fsp3) is 0.111. The Bertz CT molecular complexity index is 1240. The minimum absolute atomic E-state index is 0.0269. The molecule has 0 aliphatic carbocycles. The van der Waals surface area contributed by atoms with Crippen molar-refractivity contribution in [3.8, 4) is 5.69 Å². The summed E-state index contributed by atoms with van der Waals surface area (Å²) in [5.41, 5.74) is 0.866. The molecular weight excluding hydrogens is 339 g/mol. The van der Waals surface area contributed by atoms with Crippen molar-refractivity contribution in [3.63, 3.8) is 0 Å². The predicted molar refractivity (Wildman–Crippen MR) is 93.2 cm³/mol. The minimum atomic E-state index is -1.34. The number of hydrogen-bond donors (Lipinski definition) is 1. The van der Waals surface area contributed by atoms with Crippen molar-refractivity contribution in [2.24, 2.45) is 0 Å². The average molecular weight is 352 g/mol. The molecule has 0 spiro atoms. The second kappa shape index (κ2) is 5.76. The molecule has 3 heterocycles. The monoisotopic (exact) mass is 352 g/mol. The summed E-state index contributed by atoms with van der Waals surface area (Å²) >= 11 is 0. The fourth-order valence-electron chi connectivity index (χ4n) is 3.05. The third-order valence-corrected chi connectivity index (χ3v) is 4.33. The Hall–Kier alpha value is -3.55. The van der Waals surface area contributed by atoms with Gasteiger partial charge in [-0.1, -0.05) is 0 Å². The molecule has 0 amide bonds. The molecule has 0 saturated heterocycles. The summed E-state index contributed by atoms with van der Waals surface area (Å²) in [7, 11) is 0. The van der Waals surface area contributed by atoms with Crippen molar-refractivity contribution < 1.29 is 14.3 Å². The average Bonchev–Trinajstić information content (AvgIpc) is 3.05. The quantitative estimate of drug-likeness (QED) is 0.612. The second-order valence-electron chi connectivity index (χ2n) is 5.76. The number of hydrogen-bond acceptors (Lipinski definition) is 4. The lowest BCUT2D eigenvalue weighted by Crippen LogP contribution is -2.19. The van der Waals surface area contributed by atoms with Gasteiger partial charge < -0.3 is 9.67 Å². The lowest BCUT2D eigenvalue weighted by molar-refractivity contribution is 0.0695. The maximum Gasteiger partial charge on any atom is 0.341 e. The van der Waals surface area contributed by atoms with Gasteiger partial charge in [0.2, 0.25) is 5.43 Å². The van der Waals surface area contributed by atoms with Crippen molar-refractivity contribution in [1.29, 1.82) is 0 Å². The smallest absolute Gasteiger partial charge is 0.341 e. The van der Waals surface area contributed by atoms with E-state index in [-0.39, 0.29) is 16.6 Å². The van der Waals surface area contributed by atoms with Gasteiger partial charge in [-0.05, 0) is 25.1 Å². The highest BCUT2D eigenvalue weighted by Crippen LogP contribution is 2.24. The Balaban J connectivity index is 2.07. The van der Waals surface area contributed by atoms with E-state index in [1.54, 1.807) is 27.6 Å². The zero-order chi connectivity index (χ0) is 18.4. The first-order valence-electron chi connectivity index (χ1n) is 7.88. The first-order valence-corrected chi connectivity index (χ1v) is 7.88. The molecule has 0 aliphatic heterocycles. The van der Waals surface area contributed by atoms with Crippen molar-refractivity contribution >= 4 is 27.9 Å². The van der Waals surface area contributed by atoms with Gasteiger partial charge in [0.25, 0.3) is 0 Å². The topological polar surface area (TPSA) is 90.0 Å². The Kier molecular flexibility index (Phi) is 3.54. The van der Waals surface area contributed by atoms with E-state index in [9.17, 15) is 19.1 Å². The lowest BCUT2D eigenvalue weighted by atomic mass is 10.1. The lowest BCUT2D eigenvalue weighted by Gasteiger charge is -2.13. The number of rotatable bonds is 3. The number of halogens is 1. The van der Waals surface area contributed by atoms with E-state index in [2.05, 4.69) is 9.97 Å². The molecular formula is C18H13FN4O3. The largest absolute Gasteiger partial charge is 0.477 e. The molecule has 3 aromatic heterocycles. The van der Waals surface area contributed by atoms with Gasteiger partial charge in [-0.3, -0.25) is 14.3 Å². The molecule has 1 N–H and O–H groups in total. The Labute approximate surface area is 146 Å². The summed E-state index contributed by atoms with van der Waals surface area (Å²) in [6, 6.07) is 4.33. The normalized spacial score (nSPS) is 11.3. The maximum atomic E-state index is 14.8. The van der Waals surface area contributed by atoms with Gasteiger partial charge in [0.05, 0.1) is 22.9 Å². The zero-order valence-corrected chi connectivity index (χ0v) is 13.7. The molecule has 0 fully saturated rings. The summed E-state index contributed by atoms with van der Waals surface area (Å²) in [6.07, 6.45) is 5.92. The van der Waals surface area contributed by atoms with Gasteiger partial charge in [-0.15, -0.1) is 0 Å². The number of imidazole rings is 1. The van der Waals surface area contributed by atoms with Crippen molar-refractivity contribution in [3.05, 3.63) is 64.7 Å². The van der Waals surface area contributed by atoms with Crippen LogP contribution in [0.5, 0.6) is 0 Å². The summed E-state index contributed by atoms with van der Waals surface area (Å²) < 4.78 is 18.0. The molecule has 0 unspecified atom stereocenters. The van der Waals surface area contributed by atoms with Crippen LogP contribution in [0.1, 0.15) is 17.3 Å². The van der Waals surface area contributed by atoms with Crippen LogP contribution in [0, 0.1) is 5.82 Å². The predicted octanol–water partition coefficient (Wildman–Crippen LogP) is 2.59. The van der Waals surface area contributed by atoms with Crippen molar-refractivity contribution in [2.75, 3.05) is 0 Å². The number of aromatic carboxylic acids is 1. The van der Waals surface area contributed by atoms with Crippen molar-refractivity contribution in [2.45, 2.75) is 13.5 Å². The van der Waals surface area contributed by atoms with E-state index in [1.807, 2.05) is 6.92 Å². The van der Waals surface area contributed by atoms with Crippen molar-refractivity contribution in [1.82, 2.24) is 19.1 Å². The number of aryl methyl sites for hydroxylation is 1. The SMILES string of the molecule is CCn1cc(C(=O)O)c(=O)c2cc(F)c(-n3cnc4cnccc43)cc21. The number of carbonyl (C=O) groups is 1. The highest BCUT2D eigenvalue weighted by atomic mass is 19.1. The molecule has 1 aromatic carbocycles. The van der Waals surface area contributed by atoms with Gasteiger partial charge in [0.1, 0.15) is 23.2 Å². The van der Waals surface area contributed by atoms with Crippen LogP contribution < -0.4 is 5.43 Å². The van der Waals surface area contributed by atoms with Gasteiger partial charge in [-0.25, -0.2) is 14.2 Å². The van der Waals surface area contributed by atoms with Crippen LogP contribution in [0.25, 0.3) is 27.6 Å². The Morgan fingerprint density at radius 1 is 1.31 bits per heavy atom. The molecule has 26 heavy (non-hydrogen) atoms. The minimum Gasteiger partial charge on any atom is -0.477 e. The summed E-state index contributed by atoms with van der Waals surface area (Å²) in [6.45, 7) is 2.24. The number of nitrogens with zero attached hydrogens (tertiary/aromatic N) is 4. The van der Waals surface area contributed by atoms with Gasteiger partial charge in [0, 0.05) is 24.3 Å². The summed E-state index contributed by atoms with van der Waals surface area (Å²) in [5, 5.41) is 9.24. The number of carboxylic acids is 1. The van der Waals surface area contributed by atoms with E-state index in [1.165, 1.54) is 18.6 Å². The molecule has 0 bridgehead atoms. The van der Waals surface area contributed by atoms with E-state index < -0.39 is 17.2 Å². The van der Waals surface area contributed by atoms with Crippen LogP contribution in [0.4, 0.5) is 4.39 Å². The molecule has 0 radical (unpaired) electrons. The first-order chi connectivity index (χ1) is 12.5. The number of fused-ring (bicyclic) bond motifs is 2. The van der Waals surface area contributed by atoms with E-state index in [0.717, 1.165) is 6.07 Å². The van der Waals surface area contributed by atoms with E-state index in [0.29, 0.717) is 23.1 Å². The fourth-order valence-corrected chi connectivity index (χ4v) is 3.05. The number of benzene rings is 1. The van der Waals surface area contributed by atoms with E-state index >= 15 is 0 Å². The molecule has 0 aliphatic rings. The molecule has 0 atom stereocenters. The number of carboxylic acid groups (broad SMARTS) is 1. The van der Waals surface area contributed by atoms with Gasteiger partial charge >= 0.3 is 5.97 Å². The summed E-state index contributed by atoms with van der Waals surface area (Å²) in [5.74, 6) is -1.98. The van der Waals surface area contributed by atoms with Gasteiger partial charge in [-0.2, -0.15) is 0 Å². The van der Waals surface area contributed by atoms with Crippen LogP contribution in [-0.2, 0) is 6.54 Å². The van der Waals surface area contributed by atoms with Crippen LogP contribution in [0.3, 0.4) is 0 Å². The molecule has 0 saturated carbocycles. The molecule has 8 heteroatoms. The maximum absolute atomic E-state index is 14.8. The zero-order valence-electron chi connectivity index (χ0n) is 13.7. The third kappa shape index (κ3) is 2.26. The van der Waals surface area contributed by atoms with Crippen LogP contribution in [0.2, 0.25) is 0 Å². The van der Waals surface area contributed by atoms with Crippen LogP contribution >= 0.6 is 0 Å². The third-order valence-electron chi connectivity index (χ3n) is 4.33. The first kappa shape index (κ1) is 15.9. The van der Waals surface area contributed by atoms with E-state index in [4.69, 9.17) is 0 Å². The van der Waals surface area contributed by atoms with Crippen LogP contribution in [0.15, 0.2) is 47.9 Å². The van der Waals surface area contributed by atoms with Crippen LogP contribution in [-0.4, -0.2) is 30.2 Å². The number of pyridine rings is 2. The number of aromatic nitrogens is 4. The molecule has 7 nitrogen and oxygen atoms in total. The highest BCUT2D eigenvalue weighted by Gasteiger charge is 2.18. The second-order valence-corrected chi connectivity index (χ2v) is 5.76. The standard InChI is InChI=1S/C18H13FN4O3/c1-2-22-8-11(18(25)26)17(24)10-5-12(19)16(6-15(10)22)23-9-21-13-7-20-4-3-14(13)23/h3-9H,2H2,1H3,(H,25,26). The van der Waals surface area contributed by atoms with Gasteiger partial charge in [0.15, 0.2) is 0 Å². The Morgan fingerprint density at radius 2 is 2.12 bits per heavy atom. The molecule has 130 valence electrons.